The van der Waals surface area contributed by atoms with Crippen molar-refractivity contribution in [2.45, 2.75) is 13.5 Å². The molecule has 0 aliphatic heterocycles. The number of carbonyl (C=O) groups is 1. The molecule has 5 nitrogen and oxygen atoms in total. The zero-order chi connectivity index (χ0) is 15.1. The topological polar surface area (TPSA) is 63.8 Å². The van der Waals surface area contributed by atoms with E-state index in [9.17, 15) is 9.18 Å². The molecule has 1 heterocycles. The molecule has 1 aromatic heterocycles. The van der Waals surface area contributed by atoms with Gasteiger partial charge in [-0.3, -0.25) is 10.1 Å². The summed E-state index contributed by atoms with van der Waals surface area (Å²) < 4.78 is 23.9. The molecule has 0 unspecified atom stereocenters. The van der Waals surface area contributed by atoms with Gasteiger partial charge in [-0.15, -0.1) is 0 Å². The number of hydrogen-bond donors (Lipinski definition) is 1. The maximum atomic E-state index is 13.5. The molecule has 0 aliphatic carbocycles. The molecule has 0 fully saturated rings. The first kappa shape index (κ1) is 14.8. The summed E-state index contributed by atoms with van der Waals surface area (Å²) in [5.41, 5.74) is -0.0668. The van der Waals surface area contributed by atoms with Gasteiger partial charge in [-0.05, 0) is 31.2 Å². The number of amides is 1. The minimum absolute atomic E-state index is 0.0298. The lowest BCUT2D eigenvalue weighted by atomic mass is 10.2. The highest BCUT2D eigenvalue weighted by Gasteiger charge is 2.13. The van der Waals surface area contributed by atoms with E-state index in [1.54, 1.807) is 25.1 Å². The number of ether oxygens (including phenoxy) is 1. The normalized spacial score (nSPS) is 11.2. The largest absolute Gasteiger partial charge is 0.467 e. The van der Waals surface area contributed by atoms with Crippen LogP contribution in [-0.2, 0) is 11.3 Å². The Morgan fingerprint density at radius 1 is 1.33 bits per heavy atom. The van der Waals surface area contributed by atoms with Gasteiger partial charge in [-0.1, -0.05) is 12.1 Å². The van der Waals surface area contributed by atoms with Gasteiger partial charge in [-0.2, -0.15) is 0 Å². The van der Waals surface area contributed by atoms with E-state index < -0.39 is 11.7 Å². The van der Waals surface area contributed by atoms with Crippen LogP contribution in [0.15, 0.2) is 52.1 Å². The summed E-state index contributed by atoms with van der Waals surface area (Å²) in [4.78, 5) is 16.1. The monoisotopic (exact) mass is 290 g/mol. The van der Waals surface area contributed by atoms with Crippen LogP contribution in [0.5, 0.6) is 0 Å². The SMILES string of the molecule is CCOC(=NCc1ccco1)NC(=O)c1ccccc1F. The van der Waals surface area contributed by atoms with Crippen molar-refractivity contribution in [1.82, 2.24) is 5.32 Å². The lowest BCUT2D eigenvalue weighted by molar-refractivity contribution is 0.0962. The fraction of sp³-hybridized carbons (Fsp3) is 0.200. The fourth-order valence-electron chi connectivity index (χ4n) is 1.62. The molecule has 0 radical (unpaired) electrons. The number of furan rings is 1. The summed E-state index contributed by atoms with van der Waals surface area (Å²) in [7, 11) is 0. The molecule has 1 aromatic carbocycles. The van der Waals surface area contributed by atoms with E-state index in [0.717, 1.165) is 0 Å². The molecule has 0 aliphatic rings. The molecule has 6 heteroatoms. The second-order valence-corrected chi connectivity index (χ2v) is 4.07. The minimum atomic E-state index is -0.611. The molecular formula is C15H15FN2O3. The van der Waals surface area contributed by atoms with Gasteiger partial charge >= 0.3 is 0 Å². The molecular weight excluding hydrogens is 275 g/mol. The first-order valence-electron chi connectivity index (χ1n) is 6.46. The average molecular weight is 290 g/mol. The maximum Gasteiger partial charge on any atom is 0.292 e. The van der Waals surface area contributed by atoms with Crippen LogP contribution in [0.4, 0.5) is 4.39 Å². The molecule has 2 rings (SSSR count). The molecule has 1 amide bonds. The average Bonchev–Trinajstić information content (AvgIpc) is 2.98. The number of nitrogens with zero attached hydrogens (tertiary/aromatic N) is 1. The second kappa shape index (κ2) is 7.23. The van der Waals surface area contributed by atoms with Crippen LogP contribution in [0.25, 0.3) is 0 Å². The van der Waals surface area contributed by atoms with Crippen molar-refractivity contribution in [1.29, 1.82) is 0 Å². The molecule has 21 heavy (non-hydrogen) atoms. The van der Waals surface area contributed by atoms with E-state index in [-0.39, 0.29) is 18.1 Å². The Morgan fingerprint density at radius 3 is 2.81 bits per heavy atom. The highest BCUT2D eigenvalue weighted by atomic mass is 19.1. The number of nitrogens with one attached hydrogen (secondary N) is 1. The van der Waals surface area contributed by atoms with E-state index in [4.69, 9.17) is 9.15 Å². The number of aliphatic imine (C=N–C) groups is 1. The second-order valence-electron chi connectivity index (χ2n) is 4.07. The van der Waals surface area contributed by atoms with E-state index in [1.165, 1.54) is 24.5 Å². The quantitative estimate of drug-likeness (QED) is 0.695. The number of halogens is 1. The van der Waals surface area contributed by atoms with E-state index in [1.807, 2.05) is 0 Å². The zero-order valence-corrected chi connectivity index (χ0v) is 11.5. The van der Waals surface area contributed by atoms with Gasteiger partial charge in [0.1, 0.15) is 18.1 Å². The number of benzene rings is 1. The van der Waals surface area contributed by atoms with Gasteiger partial charge in [-0.25, -0.2) is 9.38 Å². The molecule has 1 N–H and O–H groups in total. The Hall–Kier alpha value is -2.63. The first-order valence-corrected chi connectivity index (χ1v) is 6.46. The van der Waals surface area contributed by atoms with Crippen molar-refractivity contribution < 1.29 is 18.3 Å². The van der Waals surface area contributed by atoms with Crippen LogP contribution < -0.4 is 5.32 Å². The lowest BCUT2D eigenvalue weighted by Gasteiger charge is -2.09. The van der Waals surface area contributed by atoms with E-state index >= 15 is 0 Å². The predicted octanol–water partition coefficient (Wildman–Crippen LogP) is 2.74. The van der Waals surface area contributed by atoms with Crippen molar-refractivity contribution in [3.05, 3.63) is 59.8 Å². The van der Waals surface area contributed by atoms with Crippen LogP contribution in [0.1, 0.15) is 23.0 Å². The number of rotatable bonds is 4. The standard InChI is InChI=1S/C15H15FN2O3/c1-2-20-15(17-10-11-6-5-9-21-11)18-14(19)12-7-3-4-8-13(12)16/h3-9H,2,10H2,1H3,(H,17,18,19). The third-order valence-corrected chi connectivity index (χ3v) is 2.58. The zero-order valence-electron chi connectivity index (χ0n) is 11.5. The highest BCUT2D eigenvalue weighted by Crippen LogP contribution is 2.06. The summed E-state index contributed by atoms with van der Waals surface area (Å²) in [6.45, 7) is 2.31. The molecule has 110 valence electrons. The van der Waals surface area contributed by atoms with Crippen LogP contribution in [0.3, 0.4) is 0 Å². The van der Waals surface area contributed by atoms with E-state index in [0.29, 0.717) is 12.4 Å². The number of hydrogen-bond acceptors (Lipinski definition) is 4. The third kappa shape index (κ3) is 4.17. The van der Waals surface area contributed by atoms with E-state index in [2.05, 4.69) is 10.3 Å². The summed E-state index contributed by atoms with van der Waals surface area (Å²) in [6, 6.07) is 9.23. The fourth-order valence-corrected chi connectivity index (χ4v) is 1.62. The summed E-state index contributed by atoms with van der Waals surface area (Å²) in [5, 5.41) is 2.44. The minimum Gasteiger partial charge on any atom is -0.467 e. The van der Waals surface area contributed by atoms with Crippen molar-refractivity contribution >= 4 is 11.9 Å². The highest BCUT2D eigenvalue weighted by molar-refractivity contribution is 6.04. The molecule has 0 saturated heterocycles. The summed E-state index contributed by atoms with van der Waals surface area (Å²) in [6.07, 6.45) is 1.53. The Balaban J connectivity index is 2.07. The van der Waals surface area contributed by atoms with Gasteiger partial charge in [0.25, 0.3) is 11.9 Å². The predicted molar refractivity (Wildman–Crippen MR) is 75.3 cm³/mol. The van der Waals surface area contributed by atoms with Gasteiger partial charge in [0.15, 0.2) is 0 Å². The van der Waals surface area contributed by atoms with Crippen molar-refractivity contribution in [2.24, 2.45) is 4.99 Å². The molecule has 0 spiro atoms. The molecule has 0 bridgehead atoms. The van der Waals surface area contributed by atoms with Crippen LogP contribution in [-0.4, -0.2) is 18.5 Å². The molecule has 0 atom stereocenters. The smallest absolute Gasteiger partial charge is 0.292 e. The van der Waals surface area contributed by atoms with Gasteiger partial charge in [0, 0.05) is 0 Å². The van der Waals surface area contributed by atoms with Gasteiger partial charge in [0.05, 0.1) is 18.4 Å². The Labute approximate surface area is 121 Å². The van der Waals surface area contributed by atoms with Crippen molar-refractivity contribution in [3.63, 3.8) is 0 Å². The van der Waals surface area contributed by atoms with Crippen molar-refractivity contribution in [3.8, 4) is 0 Å². The maximum absolute atomic E-state index is 13.5. The Kier molecular flexibility index (Phi) is 5.09. The van der Waals surface area contributed by atoms with Crippen LogP contribution in [0.2, 0.25) is 0 Å². The van der Waals surface area contributed by atoms with Crippen LogP contribution in [0, 0.1) is 5.82 Å². The summed E-state index contributed by atoms with van der Waals surface area (Å²) >= 11 is 0. The molecule has 0 saturated carbocycles. The lowest BCUT2D eigenvalue weighted by Crippen LogP contribution is -2.33. The Morgan fingerprint density at radius 2 is 2.14 bits per heavy atom. The molecule has 2 aromatic rings. The Bertz CT molecular complexity index is 624. The van der Waals surface area contributed by atoms with Gasteiger partial charge < -0.3 is 9.15 Å². The third-order valence-electron chi connectivity index (χ3n) is 2.58. The number of amidine groups is 1. The van der Waals surface area contributed by atoms with Crippen LogP contribution >= 0.6 is 0 Å². The van der Waals surface area contributed by atoms with Crippen molar-refractivity contribution in [2.75, 3.05) is 6.61 Å². The number of carbonyl (C=O) groups excluding carboxylic acids is 1. The summed E-state index contributed by atoms with van der Waals surface area (Å²) in [5.74, 6) is -0.580. The first-order chi connectivity index (χ1) is 10.2. The van der Waals surface area contributed by atoms with Gasteiger partial charge in [0.2, 0.25) is 0 Å².